The van der Waals surface area contributed by atoms with Crippen LogP contribution in [0.5, 0.6) is 0 Å². The molecule has 1 aliphatic heterocycles. The van der Waals surface area contributed by atoms with Crippen LogP contribution >= 0.6 is 11.6 Å². The monoisotopic (exact) mass is 381 g/mol. The number of benzene rings is 1. The molecule has 2 aromatic heterocycles. The van der Waals surface area contributed by atoms with Crippen LogP contribution in [-0.2, 0) is 4.79 Å². The molecule has 27 heavy (non-hydrogen) atoms. The van der Waals surface area contributed by atoms with E-state index in [9.17, 15) is 4.79 Å². The highest BCUT2D eigenvalue weighted by molar-refractivity contribution is 6.30. The Labute approximate surface area is 162 Å². The van der Waals surface area contributed by atoms with E-state index in [1.807, 2.05) is 31.2 Å². The van der Waals surface area contributed by atoms with Gasteiger partial charge < -0.3 is 10.2 Å². The minimum Gasteiger partial charge on any atom is -0.354 e. The number of aryl methyl sites for hydroxylation is 1. The van der Waals surface area contributed by atoms with Gasteiger partial charge in [-0.25, -0.2) is 15.0 Å². The van der Waals surface area contributed by atoms with Crippen LogP contribution in [0.2, 0.25) is 5.02 Å². The number of carbonyl (C=O) groups is 1. The summed E-state index contributed by atoms with van der Waals surface area (Å²) in [6, 6.07) is 11.3. The molecule has 1 saturated heterocycles. The minimum atomic E-state index is -0.121. The molecule has 1 amide bonds. The molecule has 3 aromatic rings. The average molecular weight is 382 g/mol. The van der Waals surface area contributed by atoms with Gasteiger partial charge in [-0.3, -0.25) is 4.79 Å². The van der Waals surface area contributed by atoms with Crippen molar-refractivity contribution < 1.29 is 4.79 Å². The molecule has 0 bridgehead atoms. The average Bonchev–Trinajstić information content (AvgIpc) is 2.69. The molecule has 0 spiro atoms. The van der Waals surface area contributed by atoms with Gasteiger partial charge in [-0.05, 0) is 44.0 Å². The summed E-state index contributed by atoms with van der Waals surface area (Å²) in [5.41, 5.74) is 2.64. The lowest BCUT2D eigenvalue weighted by atomic mass is 9.97. The van der Waals surface area contributed by atoms with Gasteiger partial charge in [-0.15, -0.1) is 0 Å². The van der Waals surface area contributed by atoms with Crippen LogP contribution in [0.3, 0.4) is 0 Å². The number of hydrogen-bond donors (Lipinski definition) is 1. The predicted octanol–water partition coefficient (Wildman–Crippen LogP) is 3.84. The Bertz CT molecular complexity index is 976. The molecule has 6 nitrogen and oxygen atoms in total. The first-order valence-corrected chi connectivity index (χ1v) is 9.39. The van der Waals surface area contributed by atoms with Crippen LogP contribution in [0.4, 0.5) is 11.6 Å². The number of fused-ring (bicyclic) bond motifs is 1. The minimum absolute atomic E-state index is 0.0269. The van der Waals surface area contributed by atoms with Gasteiger partial charge in [-0.1, -0.05) is 23.7 Å². The van der Waals surface area contributed by atoms with Crippen molar-refractivity contribution in [1.82, 2.24) is 15.0 Å². The molecular weight excluding hydrogens is 362 g/mol. The van der Waals surface area contributed by atoms with Crippen molar-refractivity contribution in [2.45, 2.75) is 19.8 Å². The van der Waals surface area contributed by atoms with Gasteiger partial charge in [0.05, 0.1) is 27.7 Å². The van der Waals surface area contributed by atoms with Crippen LogP contribution < -0.4 is 10.2 Å². The first-order valence-electron chi connectivity index (χ1n) is 9.01. The van der Waals surface area contributed by atoms with Crippen LogP contribution in [0.25, 0.3) is 11.0 Å². The number of rotatable bonds is 3. The largest absolute Gasteiger partial charge is 0.354 e. The zero-order valence-electron chi connectivity index (χ0n) is 15.0. The molecular formula is C20H20ClN5O. The highest BCUT2D eigenvalue weighted by Crippen LogP contribution is 2.26. The summed E-state index contributed by atoms with van der Waals surface area (Å²) >= 11 is 5.85. The summed E-state index contributed by atoms with van der Waals surface area (Å²) < 4.78 is 0. The predicted molar refractivity (Wildman–Crippen MR) is 107 cm³/mol. The van der Waals surface area contributed by atoms with Crippen molar-refractivity contribution in [1.29, 1.82) is 0 Å². The second-order valence-electron chi connectivity index (χ2n) is 6.76. The van der Waals surface area contributed by atoms with Crippen LogP contribution in [0.15, 0.2) is 42.6 Å². The lowest BCUT2D eigenvalue weighted by Gasteiger charge is -2.33. The number of anilines is 2. The van der Waals surface area contributed by atoms with Gasteiger partial charge in [0.15, 0.2) is 5.82 Å². The van der Waals surface area contributed by atoms with E-state index in [4.69, 9.17) is 16.6 Å². The summed E-state index contributed by atoms with van der Waals surface area (Å²) in [6.07, 6.45) is 3.30. The molecule has 1 unspecified atom stereocenters. The second kappa shape index (κ2) is 7.48. The Hall–Kier alpha value is -2.73. The molecule has 1 atom stereocenters. The van der Waals surface area contributed by atoms with E-state index >= 15 is 0 Å². The molecule has 0 radical (unpaired) electrons. The summed E-state index contributed by atoms with van der Waals surface area (Å²) in [5.74, 6) is 1.23. The Morgan fingerprint density at radius 3 is 2.70 bits per heavy atom. The summed E-state index contributed by atoms with van der Waals surface area (Å²) in [4.78, 5) is 28.4. The molecule has 0 saturated carbocycles. The number of nitrogens with zero attached hydrogens (tertiary/aromatic N) is 4. The van der Waals surface area contributed by atoms with Gasteiger partial charge in [0.1, 0.15) is 5.82 Å². The summed E-state index contributed by atoms with van der Waals surface area (Å²) in [7, 11) is 0. The maximum absolute atomic E-state index is 12.7. The number of hydrogen-bond acceptors (Lipinski definition) is 5. The van der Waals surface area contributed by atoms with E-state index in [0.717, 1.165) is 41.9 Å². The number of amides is 1. The Balaban J connectivity index is 1.51. The molecule has 7 heteroatoms. The Morgan fingerprint density at radius 2 is 1.96 bits per heavy atom. The summed E-state index contributed by atoms with van der Waals surface area (Å²) in [5, 5.41) is 3.43. The van der Waals surface area contributed by atoms with E-state index in [1.165, 1.54) is 6.20 Å². The smallest absolute Gasteiger partial charge is 0.230 e. The maximum atomic E-state index is 12.7. The van der Waals surface area contributed by atoms with E-state index in [0.29, 0.717) is 17.4 Å². The second-order valence-corrected chi connectivity index (χ2v) is 7.19. The number of nitrogens with one attached hydrogen (secondary N) is 1. The highest BCUT2D eigenvalue weighted by Gasteiger charge is 2.28. The van der Waals surface area contributed by atoms with E-state index in [-0.39, 0.29) is 11.8 Å². The normalized spacial score (nSPS) is 17.1. The van der Waals surface area contributed by atoms with Crippen molar-refractivity contribution >= 4 is 40.2 Å². The molecule has 1 N–H and O–H groups in total. The number of para-hydroxylation sites is 2. The van der Waals surface area contributed by atoms with Crippen molar-refractivity contribution in [3.05, 3.63) is 53.3 Å². The first-order chi connectivity index (χ1) is 13.1. The number of piperidine rings is 1. The third-order valence-electron chi connectivity index (χ3n) is 4.79. The van der Waals surface area contributed by atoms with Crippen molar-refractivity contribution in [3.8, 4) is 0 Å². The molecule has 138 valence electrons. The van der Waals surface area contributed by atoms with Crippen LogP contribution in [0.1, 0.15) is 18.5 Å². The third-order valence-corrected chi connectivity index (χ3v) is 5.01. The highest BCUT2D eigenvalue weighted by atomic mass is 35.5. The maximum Gasteiger partial charge on any atom is 0.230 e. The van der Waals surface area contributed by atoms with Crippen LogP contribution in [0, 0.1) is 12.8 Å². The number of halogens is 1. The number of carbonyl (C=O) groups excluding carboxylic acids is 1. The van der Waals surface area contributed by atoms with Gasteiger partial charge in [0.25, 0.3) is 0 Å². The molecule has 0 aliphatic carbocycles. The van der Waals surface area contributed by atoms with Gasteiger partial charge in [-0.2, -0.15) is 0 Å². The van der Waals surface area contributed by atoms with Crippen LogP contribution in [-0.4, -0.2) is 33.9 Å². The molecule has 3 heterocycles. The molecule has 1 aliphatic rings. The van der Waals surface area contributed by atoms with E-state index in [1.54, 1.807) is 12.1 Å². The first kappa shape index (κ1) is 17.7. The van der Waals surface area contributed by atoms with Crippen molar-refractivity contribution in [3.63, 3.8) is 0 Å². The van der Waals surface area contributed by atoms with Crippen molar-refractivity contribution in [2.24, 2.45) is 5.92 Å². The van der Waals surface area contributed by atoms with Crippen molar-refractivity contribution in [2.75, 3.05) is 23.3 Å². The Kier molecular flexibility index (Phi) is 4.90. The number of aromatic nitrogens is 3. The van der Waals surface area contributed by atoms with E-state index < -0.39 is 0 Å². The zero-order chi connectivity index (χ0) is 18.8. The SMILES string of the molecule is Cc1nc2ccccc2nc1N1CCCC(C(=O)Nc2ccc(Cl)cn2)C1. The fourth-order valence-electron chi connectivity index (χ4n) is 3.44. The van der Waals surface area contributed by atoms with Gasteiger partial charge in [0.2, 0.25) is 5.91 Å². The third kappa shape index (κ3) is 3.85. The fourth-order valence-corrected chi connectivity index (χ4v) is 3.55. The van der Waals surface area contributed by atoms with Gasteiger partial charge >= 0.3 is 0 Å². The van der Waals surface area contributed by atoms with Gasteiger partial charge in [0, 0.05) is 19.3 Å². The topological polar surface area (TPSA) is 71.0 Å². The fraction of sp³-hybridized carbons (Fsp3) is 0.300. The Morgan fingerprint density at radius 1 is 1.19 bits per heavy atom. The number of pyridine rings is 1. The lowest BCUT2D eigenvalue weighted by Crippen LogP contribution is -2.41. The zero-order valence-corrected chi connectivity index (χ0v) is 15.8. The molecule has 1 fully saturated rings. The molecule has 4 rings (SSSR count). The molecule has 1 aromatic carbocycles. The van der Waals surface area contributed by atoms with E-state index in [2.05, 4.69) is 20.2 Å². The lowest BCUT2D eigenvalue weighted by molar-refractivity contribution is -0.120. The standard InChI is InChI=1S/C20H20ClN5O/c1-13-19(24-17-7-3-2-6-16(17)23-13)26-10-4-5-14(12-26)20(27)25-18-9-8-15(21)11-22-18/h2-3,6-9,11,14H,4-5,10,12H2,1H3,(H,22,25,27). The quantitative estimate of drug-likeness (QED) is 0.746. The summed E-state index contributed by atoms with van der Waals surface area (Å²) in [6.45, 7) is 3.46.